The number of hydrogen-bond donors (Lipinski definition) is 2. The number of rotatable bonds is 6. The predicted molar refractivity (Wildman–Crippen MR) is 90.3 cm³/mol. The standard InChI is InChI=1S/C16H17ClN2O3S/c1-16(2,10-3-5-11(17)6-4-10)15(22)18-8-7-13-19-12(9-23-13)14(20)21/h3-6,9H,7-8H2,1-2H3,(H,18,22)(H,20,21). The van der Waals surface area contributed by atoms with Crippen LogP contribution < -0.4 is 5.32 Å². The first-order valence-electron chi connectivity index (χ1n) is 7.03. The molecule has 0 bridgehead atoms. The van der Waals surface area contributed by atoms with Crippen molar-refractivity contribution in [3.8, 4) is 0 Å². The summed E-state index contributed by atoms with van der Waals surface area (Å²) in [5.41, 5.74) is 0.235. The van der Waals surface area contributed by atoms with E-state index in [2.05, 4.69) is 10.3 Å². The number of carbonyl (C=O) groups excluding carboxylic acids is 1. The molecule has 5 nitrogen and oxygen atoms in total. The normalized spacial score (nSPS) is 11.3. The molecule has 0 aliphatic carbocycles. The molecule has 0 atom stereocenters. The number of nitrogens with one attached hydrogen (secondary N) is 1. The summed E-state index contributed by atoms with van der Waals surface area (Å²) in [6.45, 7) is 4.09. The average molecular weight is 353 g/mol. The lowest BCUT2D eigenvalue weighted by Gasteiger charge is -2.24. The molecule has 0 aliphatic rings. The lowest BCUT2D eigenvalue weighted by atomic mass is 9.84. The monoisotopic (exact) mass is 352 g/mol. The highest BCUT2D eigenvalue weighted by molar-refractivity contribution is 7.09. The summed E-state index contributed by atoms with van der Waals surface area (Å²) in [6, 6.07) is 7.19. The van der Waals surface area contributed by atoms with E-state index in [4.69, 9.17) is 16.7 Å². The summed E-state index contributed by atoms with van der Waals surface area (Å²) >= 11 is 7.15. The number of carbonyl (C=O) groups is 2. The largest absolute Gasteiger partial charge is 0.476 e. The highest BCUT2D eigenvalue weighted by atomic mass is 35.5. The Kier molecular flexibility index (Phi) is 5.38. The number of aromatic nitrogens is 1. The molecular formula is C16H17ClN2O3S. The van der Waals surface area contributed by atoms with Gasteiger partial charge in [-0.05, 0) is 31.5 Å². The molecule has 2 N–H and O–H groups in total. The van der Waals surface area contributed by atoms with Crippen LogP contribution >= 0.6 is 22.9 Å². The van der Waals surface area contributed by atoms with E-state index in [0.717, 1.165) is 5.56 Å². The number of aromatic carboxylic acids is 1. The molecule has 0 fully saturated rings. The fourth-order valence-electron chi connectivity index (χ4n) is 2.03. The van der Waals surface area contributed by atoms with Crippen LogP contribution in [0.15, 0.2) is 29.6 Å². The van der Waals surface area contributed by atoms with Gasteiger partial charge in [-0.15, -0.1) is 11.3 Å². The van der Waals surface area contributed by atoms with E-state index < -0.39 is 11.4 Å². The predicted octanol–water partition coefficient (Wildman–Crippen LogP) is 3.13. The number of thiazole rings is 1. The van der Waals surface area contributed by atoms with Crippen molar-refractivity contribution in [2.75, 3.05) is 6.54 Å². The molecule has 122 valence electrons. The van der Waals surface area contributed by atoms with Crippen molar-refractivity contribution >= 4 is 34.8 Å². The summed E-state index contributed by atoms with van der Waals surface area (Å²) in [5.74, 6) is -1.14. The first-order chi connectivity index (χ1) is 10.8. The van der Waals surface area contributed by atoms with Gasteiger partial charge in [0.1, 0.15) is 0 Å². The summed E-state index contributed by atoms with van der Waals surface area (Å²) in [6.07, 6.45) is 0.500. The molecule has 1 aromatic heterocycles. The number of halogens is 1. The molecule has 0 aliphatic heterocycles. The third kappa shape index (κ3) is 4.30. The van der Waals surface area contributed by atoms with Gasteiger partial charge in [0.05, 0.1) is 10.4 Å². The van der Waals surface area contributed by atoms with Crippen LogP contribution in [0.5, 0.6) is 0 Å². The SMILES string of the molecule is CC(C)(C(=O)NCCc1nc(C(=O)O)cs1)c1ccc(Cl)cc1. The van der Waals surface area contributed by atoms with E-state index in [-0.39, 0.29) is 11.6 Å². The molecule has 0 spiro atoms. The lowest BCUT2D eigenvalue weighted by Crippen LogP contribution is -2.40. The zero-order chi connectivity index (χ0) is 17.0. The Balaban J connectivity index is 1.92. The first-order valence-corrected chi connectivity index (χ1v) is 8.28. The number of amides is 1. The second kappa shape index (κ2) is 7.10. The van der Waals surface area contributed by atoms with E-state index in [1.165, 1.54) is 16.7 Å². The summed E-state index contributed by atoms with van der Waals surface area (Å²) in [5, 5.41) is 14.5. The summed E-state index contributed by atoms with van der Waals surface area (Å²) in [7, 11) is 0. The molecule has 0 radical (unpaired) electrons. The van der Waals surface area contributed by atoms with Crippen LogP contribution in [0, 0.1) is 0 Å². The summed E-state index contributed by atoms with van der Waals surface area (Å²) < 4.78 is 0. The second-order valence-corrected chi connectivity index (χ2v) is 6.95. The van der Waals surface area contributed by atoms with Crippen molar-refractivity contribution in [2.45, 2.75) is 25.7 Å². The van der Waals surface area contributed by atoms with Crippen LogP contribution in [0.3, 0.4) is 0 Å². The number of benzene rings is 1. The van der Waals surface area contributed by atoms with Gasteiger partial charge in [-0.2, -0.15) is 0 Å². The Morgan fingerprint density at radius 1 is 1.30 bits per heavy atom. The van der Waals surface area contributed by atoms with Gasteiger partial charge in [-0.25, -0.2) is 9.78 Å². The van der Waals surface area contributed by atoms with Gasteiger partial charge < -0.3 is 10.4 Å². The number of hydrogen-bond acceptors (Lipinski definition) is 4. The Hall–Kier alpha value is -1.92. The molecule has 1 amide bonds. The average Bonchev–Trinajstić information content (AvgIpc) is 2.96. The van der Waals surface area contributed by atoms with Crippen molar-refractivity contribution in [3.63, 3.8) is 0 Å². The van der Waals surface area contributed by atoms with Crippen molar-refractivity contribution in [1.29, 1.82) is 0 Å². The van der Waals surface area contributed by atoms with Crippen LogP contribution in [0.1, 0.15) is 34.9 Å². The third-order valence-electron chi connectivity index (χ3n) is 3.53. The van der Waals surface area contributed by atoms with E-state index >= 15 is 0 Å². The minimum Gasteiger partial charge on any atom is -0.476 e. The van der Waals surface area contributed by atoms with Crippen molar-refractivity contribution in [2.24, 2.45) is 0 Å². The Morgan fingerprint density at radius 3 is 2.52 bits per heavy atom. The number of carboxylic acid groups (broad SMARTS) is 1. The van der Waals surface area contributed by atoms with Gasteiger partial charge in [0.2, 0.25) is 5.91 Å². The molecule has 23 heavy (non-hydrogen) atoms. The van der Waals surface area contributed by atoms with E-state index in [0.29, 0.717) is 23.0 Å². The van der Waals surface area contributed by atoms with Crippen molar-refractivity contribution in [1.82, 2.24) is 10.3 Å². The number of carboxylic acids is 1. The molecule has 0 unspecified atom stereocenters. The van der Waals surface area contributed by atoms with Gasteiger partial charge in [-0.3, -0.25) is 4.79 Å². The van der Waals surface area contributed by atoms with Gasteiger partial charge >= 0.3 is 5.97 Å². The first kappa shape index (κ1) is 17.4. The van der Waals surface area contributed by atoms with Crippen LogP contribution in [0.4, 0.5) is 0 Å². The second-order valence-electron chi connectivity index (χ2n) is 5.57. The Labute approximate surface area is 143 Å². The molecule has 1 aromatic carbocycles. The zero-order valence-corrected chi connectivity index (χ0v) is 14.4. The fraction of sp³-hybridized carbons (Fsp3) is 0.312. The highest BCUT2D eigenvalue weighted by Crippen LogP contribution is 2.24. The van der Waals surface area contributed by atoms with Gasteiger partial charge in [-0.1, -0.05) is 23.7 Å². The van der Waals surface area contributed by atoms with E-state index in [1.807, 2.05) is 26.0 Å². The van der Waals surface area contributed by atoms with Crippen LogP contribution in [-0.2, 0) is 16.6 Å². The van der Waals surface area contributed by atoms with Gasteiger partial charge in [0.25, 0.3) is 0 Å². The number of nitrogens with zero attached hydrogens (tertiary/aromatic N) is 1. The lowest BCUT2D eigenvalue weighted by molar-refractivity contribution is -0.125. The fourth-order valence-corrected chi connectivity index (χ4v) is 2.92. The minimum atomic E-state index is -1.04. The molecule has 2 rings (SSSR count). The topological polar surface area (TPSA) is 79.3 Å². The van der Waals surface area contributed by atoms with Crippen LogP contribution in [-0.4, -0.2) is 28.5 Å². The maximum absolute atomic E-state index is 12.4. The maximum Gasteiger partial charge on any atom is 0.355 e. The Morgan fingerprint density at radius 2 is 1.96 bits per heavy atom. The van der Waals surface area contributed by atoms with Crippen LogP contribution in [0.2, 0.25) is 5.02 Å². The Bertz CT molecular complexity index is 710. The molecule has 0 saturated carbocycles. The van der Waals surface area contributed by atoms with Gasteiger partial charge in [0, 0.05) is 23.4 Å². The van der Waals surface area contributed by atoms with Crippen molar-refractivity contribution in [3.05, 3.63) is 50.9 Å². The molecule has 7 heteroatoms. The third-order valence-corrected chi connectivity index (χ3v) is 4.69. The molecule has 0 saturated heterocycles. The smallest absolute Gasteiger partial charge is 0.355 e. The molecular weight excluding hydrogens is 336 g/mol. The van der Waals surface area contributed by atoms with Crippen LogP contribution in [0.25, 0.3) is 0 Å². The van der Waals surface area contributed by atoms with Gasteiger partial charge in [0.15, 0.2) is 5.69 Å². The molecule has 2 aromatic rings. The quantitative estimate of drug-likeness (QED) is 0.837. The zero-order valence-electron chi connectivity index (χ0n) is 12.8. The van der Waals surface area contributed by atoms with E-state index in [9.17, 15) is 9.59 Å². The summed E-state index contributed by atoms with van der Waals surface area (Å²) in [4.78, 5) is 27.2. The maximum atomic E-state index is 12.4. The molecule has 1 heterocycles. The van der Waals surface area contributed by atoms with E-state index in [1.54, 1.807) is 12.1 Å². The highest BCUT2D eigenvalue weighted by Gasteiger charge is 2.29. The van der Waals surface area contributed by atoms with Crippen molar-refractivity contribution < 1.29 is 14.7 Å². The minimum absolute atomic E-state index is 0.0396.